The first kappa shape index (κ1) is 25.5. The number of aryl methyl sites for hydroxylation is 1. The van der Waals surface area contributed by atoms with E-state index in [1.54, 1.807) is 0 Å². The van der Waals surface area contributed by atoms with Crippen LogP contribution in [0.4, 0.5) is 13.6 Å². The number of ether oxygens (including phenoxy) is 3. The number of hydrogen-bond donors (Lipinski definition) is 1. The molecule has 0 aliphatic carbocycles. The van der Waals surface area contributed by atoms with Crippen LogP contribution in [0.25, 0.3) is 0 Å². The Morgan fingerprint density at radius 3 is 2.31 bits per heavy atom. The maximum absolute atomic E-state index is 14.8. The fourth-order valence-corrected chi connectivity index (χ4v) is 4.34. The Bertz CT molecular complexity index is 1240. The van der Waals surface area contributed by atoms with E-state index in [0.717, 1.165) is 41.7 Å². The zero-order valence-electron chi connectivity index (χ0n) is 19.6. The van der Waals surface area contributed by atoms with Crippen molar-refractivity contribution in [3.8, 4) is 23.0 Å². The molecular weight excluding hydrogens is 488 g/mol. The number of carbonyl (C=O) groups is 2. The highest BCUT2D eigenvalue weighted by Gasteiger charge is 2.49. The summed E-state index contributed by atoms with van der Waals surface area (Å²) in [6.45, 7) is 2.60. The molecule has 0 aromatic heterocycles. The highest BCUT2D eigenvalue weighted by Crippen LogP contribution is 2.37. The first-order chi connectivity index (χ1) is 17.4. The van der Waals surface area contributed by atoms with Crippen LogP contribution in [-0.2, 0) is 17.0 Å². The van der Waals surface area contributed by atoms with Gasteiger partial charge in [0.25, 0.3) is 16.1 Å². The molecule has 1 aliphatic rings. The van der Waals surface area contributed by atoms with Gasteiger partial charge in [-0.1, -0.05) is 31.5 Å². The Morgan fingerprint density at radius 2 is 1.64 bits per heavy atom. The summed E-state index contributed by atoms with van der Waals surface area (Å²) < 4.78 is 46.5. The molecule has 188 valence electrons. The fourth-order valence-electron chi connectivity index (χ4n) is 3.67. The number of carbonyl (C=O) groups excluding carboxylic acids is 2. The van der Waals surface area contributed by atoms with Crippen LogP contribution in [0.3, 0.4) is 0 Å². The van der Waals surface area contributed by atoms with Crippen molar-refractivity contribution in [2.75, 3.05) is 13.2 Å². The van der Waals surface area contributed by atoms with E-state index < -0.39 is 22.0 Å². The summed E-state index contributed by atoms with van der Waals surface area (Å²) in [5.41, 5.74) is 0.738. The summed E-state index contributed by atoms with van der Waals surface area (Å²) in [5.74, 6) is -1.42. The molecule has 1 fully saturated rings. The normalized spacial score (nSPS) is 17.1. The third-order valence-corrected chi connectivity index (χ3v) is 6.16. The molecule has 1 atom stereocenters. The standard InChI is InChI=1S/C27H25F2NO5S/c1-2-7-18-16-21(35-20-8-4-3-5-9-20)11-13-23(18)33-14-6-15-34-24-12-10-19(17-22(24)28)27(29)25(31)36-26(32)30-27/h3-5,8-13,16-17H,2,6-7,14-15H2,1H3,(H,30,32). The van der Waals surface area contributed by atoms with Gasteiger partial charge in [0, 0.05) is 23.7 Å². The number of amides is 1. The monoisotopic (exact) mass is 513 g/mol. The van der Waals surface area contributed by atoms with Crippen molar-refractivity contribution in [3.63, 3.8) is 0 Å². The summed E-state index contributed by atoms with van der Waals surface area (Å²) in [4.78, 5) is 23.1. The summed E-state index contributed by atoms with van der Waals surface area (Å²) in [7, 11) is 0. The average Bonchev–Trinajstić information content (AvgIpc) is 3.13. The Balaban J connectivity index is 1.29. The predicted molar refractivity (Wildman–Crippen MR) is 133 cm³/mol. The lowest BCUT2D eigenvalue weighted by molar-refractivity contribution is -0.122. The minimum absolute atomic E-state index is 0.0825. The molecule has 1 unspecified atom stereocenters. The summed E-state index contributed by atoms with van der Waals surface area (Å²) in [5, 5.41) is 0.0793. The molecule has 0 radical (unpaired) electrons. The third-order valence-electron chi connectivity index (χ3n) is 5.40. The quantitative estimate of drug-likeness (QED) is 0.232. The number of thioether (sulfide) groups is 1. The van der Waals surface area contributed by atoms with Gasteiger partial charge in [0.05, 0.1) is 13.2 Å². The van der Waals surface area contributed by atoms with E-state index >= 15 is 0 Å². The number of rotatable bonds is 11. The van der Waals surface area contributed by atoms with E-state index in [4.69, 9.17) is 14.2 Å². The van der Waals surface area contributed by atoms with Gasteiger partial charge in [-0.2, -0.15) is 0 Å². The molecule has 1 saturated heterocycles. The molecule has 4 rings (SSSR count). The number of halogens is 2. The lowest BCUT2D eigenvalue weighted by atomic mass is 10.1. The van der Waals surface area contributed by atoms with Crippen molar-refractivity contribution in [2.24, 2.45) is 0 Å². The average molecular weight is 514 g/mol. The summed E-state index contributed by atoms with van der Waals surface area (Å²) in [6, 6.07) is 18.5. The minimum atomic E-state index is -2.74. The lowest BCUT2D eigenvalue weighted by Crippen LogP contribution is -2.38. The van der Waals surface area contributed by atoms with E-state index in [9.17, 15) is 18.4 Å². The van der Waals surface area contributed by atoms with Gasteiger partial charge >= 0.3 is 0 Å². The SMILES string of the molecule is CCCc1cc(Oc2ccccc2)ccc1OCCCOc1ccc(C2(F)NC(=O)SC2=O)cc1F. The molecule has 0 spiro atoms. The van der Waals surface area contributed by atoms with Crippen LogP contribution in [0, 0.1) is 5.82 Å². The van der Waals surface area contributed by atoms with Crippen LogP contribution in [-0.4, -0.2) is 23.6 Å². The van der Waals surface area contributed by atoms with E-state index in [0.29, 0.717) is 13.0 Å². The van der Waals surface area contributed by atoms with E-state index in [1.807, 2.05) is 53.8 Å². The number of nitrogens with one attached hydrogen (secondary N) is 1. The van der Waals surface area contributed by atoms with Gasteiger partial charge in [0.15, 0.2) is 11.6 Å². The van der Waals surface area contributed by atoms with Gasteiger partial charge in [-0.25, -0.2) is 8.78 Å². The van der Waals surface area contributed by atoms with Crippen LogP contribution >= 0.6 is 11.8 Å². The Hall–Kier alpha value is -3.59. The van der Waals surface area contributed by atoms with Crippen LogP contribution in [0.1, 0.15) is 30.9 Å². The largest absolute Gasteiger partial charge is 0.493 e. The second kappa shape index (κ2) is 11.4. The Morgan fingerprint density at radius 1 is 0.917 bits per heavy atom. The molecule has 9 heteroatoms. The molecule has 0 bridgehead atoms. The fraction of sp³-hybridized carbons (Fsp3) is 0.259. The number of alkyl halides is 1. The van der Waals surface area contributed by atoms with Gasteiger partial charge in [0.2, 0.25) is 0 Å². The van der Waals surface area contributed by atoms with Crippen LogP contribution < -0.4 is 19.5 Å². The first-order valence-corrected chi connectivity index (χ1v) is 12.4. The van der Waals surface area contributed by atoms with Crippen molar-refractivity contribution in [1.29, 1.82) is 0 Å². The second-order valence-corrected chi connectivity index (χ2v) is 9.04. The van der Waals surface area contributed by atoms with Gasteiger partial charge in [-0.3, -0.25) is 9.59 Å². The topological polar surface area (TPSA) is 73.9 Å². The van der Waals surface area contributed by atoms with Crippen LogP contribution in [0.2, 0.25) is 0 Å². The van der Waals surface area contributed by atoms with E-state index in [-0.39, 0.29) is 29.7 Å². The molecule has 0 saturated carbocycles. The first-order valence-electron chi connectivity index (χ1n) is 11.5. The van der Waals surface area contributed by atoms with Crippen molar-refractivity contribution in [2.45, 2.75) is 32.0 Å². The number of para-hydroxylation sites is 1. The summed E-state index contributed by atoms with van der Waals surface area (Å²) >= 11 is 0.216. The molecule has 3 aromatic rings. The smallest absolute Gasteiger partial charge is 0.289 e. The molecule has 1 amide bonds. The van der Waals surface area contributed by atoms with Crippen molar-refractivity contribution in [3.05, 3.63) is 83.7 Å². The van der Waals surface area contributed by atoms with E-state index in [1.165, 1.54) is 12.1 Å². The van der Waals surface area contributed by atoms with Crippen LogP contribution in [0.15, 0.2) is 66.7 Å². The molecular formula is C27H25F2NO5S. The zero-order chi connectivity index (χ0) is 25.5. The van der Waals surface area contributed by atoms with Crippen LogP contribution in [0.5, 0.6) is 23.0 Å². The van der Waals surface area contributed by atoms with Gasteiger partial charge < -0.3 is 19.5 Å². The predicted octanol–water partition coefficient (Wildman–Crippen LogP) is 6.52. The Labute approximate surface area is 211 Å². The maximum atomic E-state index is 14.8. The third kappa shape index (κ3) is 5.96. The summed E-state index contributed by atoms with van der Waals surface area (Å²) in [6.07, 6.45) is 2.25. The maximum Gasteiger partial charge on any atom is 0.289 e. The number of hydrogen-bond acceptors (Lipinski definition) is 6. The molecule has 6 nitrogen and oxygen atoms in total. The second-order valence-electron chi connectivity index (χ2n) is 8.09. The highest BCUT2D eigenvalue weighted by molar-refractivity contribution is 8.26. The zero-order valence-corrected chi connectivity index (χ0v) is 20.4. The van der Waals surface area contributed by atoms with E-state index in [2.05, 4.69) is 6.92 Å². The number of benzene rings is 3. The molecule has 3 aromatic carbocycles. The lowest BCUT2D eigenvalue weighted by Gasteiger charge is -2.18. The van der Waals surface area contributed by atoms with Gasteiger partial charge in [-0.15, -0.1) is 0 Å². The highest BCUT2D eigenvalue weighted by atomic mass is 32.2. The van der Waals surface area contributed by atoms with Crippen molar-refractivity contribution in [1.82, 2.24) is 5.32 Å². The van der Waals surface area contributed by atoms with Gasteiger partial charge in [-0.05, 0) is 60.5 Å². The molecule has 1 heterocycles. The molecule has 1 aliphatic heterocycles. The Kier molecular flexibility index (Phi) is 8.10. The minimum Gasteiger partial charge on any atom is -0.493 e. The molecule has 36 heavy (non-hydrogen) atoms. The van der Waals surface area contributed by atoms with Crippen molar-refractivity contribution < 1.29 is 32.6 Å². The van der Waals surface area contributed by atoms with Gasteiger partial charge in [0.1, 0.15) is 17.2 Å². The van der Waals surface area contributed by atoms with Crippen molar-refractivity contribution >= 4 is 22.1 Å². The molecule has 1 N–H and O–H groups in total.